The average Bonchev–Trinajstić information content (AvgIpc) is 2.46. The Morgan fingerprint density at radius 1 is 1.11 bits per heavy atom. The lowest BCUT2D eigenvalue weighted by Gasteiger charge is -2.16. The summed E-state index contributed by atoms with van der Waals surface area (Å²) < 4.78 is 5.38. The number of benzene rings is 2. The van der Waals surface area contributed by atoms with Crippen molar-refractivity contribution in [1.29, 1.82) is 0 Å². The Morgan fingerprint density at radius 3 is 2.42 bits per heavy atom. The zero-order chi connectivity index (χ0) is 13.7. The minimum Gasteiger partial charge on any atom is -0.496 e. The summed E-state index contributed by atoms with van der Waals surface area (Å²) in [5.74, 6) is 0.901. The third kappa shape index (κ3) is 3.52. The summed E-state index contributed by atoms with van der Waals surface area (Å²) in [4.78, 5) is 1.13. The first-order valence-electron chi connectivity index (χ1n) is 6.31. The van der Waals surface area contributed by atoms with Gasteiger partial charge in [0.2, 0.25) is 0 Å². The molecule has 0 saturated carbocycles. The normalized spacial score (nSPS) is 12.2. The maximum Gasteiger partial charge on any atom is 0.132 e. The Balaban J connectivity index is 2.21. The van der Waals surface area contributed by atoms with Crippen LogP contribution in [-0.2, 0) is 0 Å². The summed E-state index contributed by atoms with van der Waals surface area (Å²) in [5, 5.41) is 0.247. The Morgan fingerprint density at radius 2 is 1.79 bits per heavy atom. The third-order valence-corrected chi connectivity index (χ3v) is 4.34. The van der Waals surface area contributed by atoms with Crippen molar-refractivity contribution in [2.24, 2.45) is 5.73 Å². The Labute approximate surface area is 119 Å². The van der Waals surface area contributed by atoms with Gasteiger partial charge in [0.15, 0.2) is 0 Å². The highest BCUT2D eigenvalue weighted by Gasteiger charge is 2.13. The minimum atomic E-state index is 0.247. The minimum absolute atomic E-state index is 0.247. The molecule has 0 aliphatic carbocycles. The number of hydrogen-bond donors (Lipinski definition) is 1. The third-order valence-electron chi connectivity index (χ3n) is 3.00. The molecule has 0 heterocycles. The molecule has 1 atom stereocenters. The second kappa shape index (κ2) is 6.64. The molecule has 2 nitrogen and oxygen atoms in total. The van der Waals surface area contributed by atoms with E-state index in [9.17, 15) is 0 Å². The quantitative estimate of drug-likeness (QED) is 0.842. The van der Waals surface area contributed by atoms with Gasteiger partial charge in [0.1, 0.15) is 5.75 Å². The van der Waals surface area contributed by atoms with Crippen LogP contribution in [0.5, 0.6) is 5.75 Å². The zero-order valence-corrected chi connectivity index (χ0v) is 12.1. The molecule has 1 unspecified atom stereocenters. The Bertz CT molecular complexity index is 525. The van der Waals surface area contributed by atoms with E-state index >= 15 is 0 Å². The monoisotopic (exact) mass is 273 g/mol. The number of ether oxygens (including phenoxy) is 1. The van der Waals surface area contributed by atoms with Gasteiger partial charge in [0, 0.05) is 16.7 Å². The molecule has 100 valence electrons. The summed E-state index contributed by atoms with van der Waals surface area (Å²) in [7, 11) is 1.70. The van der Waals surface area contributed by atoms with E-state index in [4.69, 9.17) is 10.5 Å². The fraction of sp³-hybridized carbons (Fsp3) is 0.250. The van der Waals surface area contributed by atoms with E-state index < -0.39 is 0 Å². The van der Waals surface area contributed by atoms with Crippen molar-refractivity contribution in [2.45, 2.75) is 17.1 Å². The van der Waals surface area contributed by atoms with Crippen molar-refractivity contribution in [2.75, 3.05) is 13.7 Å². The zero-order valence-electron chi connectivity index (χ0n) is 11.3. The molecule has 0 bridgehead atoms. The first-order chi connectivity index (χ1) is 9.24. The molecule has 2 N–H and O–H groups in total. The van der Waals surface area contributed by atoms with Gasteiger partial charge in [-0.25, -0.2) is 0 Å². The molecule has 0 aromatic heterocycles. The van der Waals surface area contributed by atoms with Gasteiger partial charge in [-0.3, -0.25) is 0 Å². The van der Waals surface area contributed by atoms with E-state index in [1.807, 2.05) is 18.2 Å². The Kier molecular flexibility index (Phi) is 4.88. The van der Waals surface area contributed by atoms with Crippen molar-refractivity contribution in [1.82, 2.24) is 0 Å². The van der Waals surface area contributed by atoms with Crippen molar-refractivity contribution >= 4 is 11.8 Å². The number of nitrogens with two attached hydrogens (primary N) is 1. The molecule has 0 spiro atoms. The van der Waals surface area contributed by atoms with Gasteiger partial charge in [-0.1, -0.05) is 42.0 Å². The van der Waals surface area contributed by atoms with Gasteiger partial charge in [-0.05, 0) is 24.6 Å². The summed E-state index contributed by atoms with van der Waals surface area (Å²) in [6.45, 7) is 2.69. The van der Waals surface area contributed by atoms with Gasteiger partial charge in [0.25, 0.3) is 0 Å². The van der Waals surface area contributed by atoms with Gasteiger partial charge >= 0.3 is 0 Å². The highest BCUT2D eigenvalue weighted by atomic mass is 32.2. The van der Waals surface area contributed by atoms with Crippen LogP contribution in [-0.4, -0.2) is 13.7 Å². The van der Waals surface area contributed by atoms with Crippen molar-refractivity contribution < 1.29 is 4.74 Å². The van der Waals surface area contributed by atoms with E-state index in [1.165, 1.54) is 11.1 Å². The van der Waals surface area contributed by atoms with Crippen LogP contribution in [0.2, 0.25) is 0 Å². The number of para-hydroxylation sites is 1. The molecule has 0 fully saturated rings. The van der Waals surface area contributed by atoms with Crippen LogP contribution in [0.25, 0.3) is 0 Å². The van der Waals surface area contributed by atoms with E-state index in [0.717, 1.165) is 10.6 Å². The van der Waals surface area contributed by atoms with Crippen LogP contribution in [0, 0.1) is 6.92 Å². The highest BCUT2D eigenvalue weighted by molar-refractivity contribution is 7.99. The lowest BCUT2D eigenvalue weighted by Crippen LogP contribution is -2.09. The maximum absolute atomic E-state index is 5.92. The topological polar surface area (TPSA) is 35.2 Å². The fourth-order valence-electron chi connectivity index (χ4n) is 1.90. The number of hydrogen-bond acceptors (Lipinski definition) is 3. The molecule has 0 radical (unpaired) electrons. The van der Waals surface area contributed by atoms with Crippen LogP contribution in [0.15, 0.2) is 53.4 Å². The molecule has 2 aromatic rings. The molecule has 2 aromatic carbocycles. The predicted octanol–water partition coefficient (Wildman–Crippen LogP) is 3.80. The predicted molar refractivity (Wildman–Crippen MR) is 81.8 cm³/mol. The summed E-state index contributed by atoms with van der Waals surface area (Å²) in [6, 6.07) is 16.6. The van der Waals surface area contributed by atoms with Crippen LogP contribution in [0.1, 0.15) is 16.4 Å². The average molecular weight is 273 g/mol. The van der Waals surface area contributed by atoms with E-state index in [1.54, 1.807) is 18.9 Å². The van der Waals surface area contributed by atoms with Crippen LogP contribution >= 0.6 is 11.8 Å². The standard InChI is InChI=1S/C16H19NOS/c1-12-7-9-13(10-8-12)16(11-17)19-15-6-4-3-5-14(15)18-2/h3-10,16H,11,17H2,1-2H3. The number of thioether (sulfide) groups is 1. The van der Waals surface area contributed by atoms with Gasteiger partial charge < -0.3 is 10.5 Å². The van der Waals surface area contributed by atoms with Crippen molar-refractivity contribution in [3.63, 3.8) is 0 Å². The Hall–Kier alpha value is -1.45. The van der Waals surface area contributed by atoms with E-state index in [2.05, 4.69) is 37.3 Å². The van der Waals surface area contributed by atoms with Gasteiger partial charge in [-0.15, -0.1) is 11.8 Å². The summed E-state index contributed by atoms with van der Waals surface area (Å²) in [5.41, 5.74) is 8.44. The van der Waals surface area contributed by atoms with Crippen molar-refractivity contribution in [3.05, 3.63) is 59.7 Å². The smallest absolute Gasteiger partial charge is 0.132 e. The second-order valence-electron chi connectivity index (χ2n) is 4.40. The first kappa shape index (κ1) is 14.0. The molecule has 0 aliphatic rings. The SMILES string of the molecule is COc1ccccc1SC(CN)c1ccc(C)cc1. The van der Waals surface area contributed by atoms with E-state index in [0.29, 0.717) is 6.54 Å². The molecule has 2 rings (SSSR count). The first-order valence-corrected chi connectivity index (χ1v) is 7.19. The molecular weight excluding hydrogens is 254 g/mol. The number of aryl methyl sites for hydroxylation is 1. The summed E-state index contributed by atoms with van der Waals surface area (Å²) >= 11 is 1.75. The molecule has 3 heteroatoms. The highest BCUT2D eigenvalue weighted by Crippen LogP contribution is 2.39. The largest absolute Gasteiger partial charge is 0.496 e. The molecule has 0 amide bonds. The molecule has 19 heavy (non-hydrogen) atoms. The van der Waals surface area contributed by atoms with Gasteiger partial charge in [-0.2, -0.15) is 0 Å². The van der Waals surface area contributed by atoms with Crippen LogP contribution < -0.4 is 10.5 Å². The van der Waals surface area contributed by atoms with Gasteiger partial charge in [0.05, 0.1) is 7.11 Å². The lowest BCUT2D eigenvalue weighted by atomic mass is 10.1. The molecule has 0 saturated heterocycles. The van der Waals surface area contributed by atoms with E-state index in [-0.39, 0.29) is 5.25 Å². The maximum atomic E-state index is 5.92. The lowest BCUT2D eigenvalue weighted by molar-refractivity contribution is 0.404. The molecular formula is C16H19NOS. The summed E-state index contributed by atoms with van der Waals surface area (Å²) in [6.07, 6.45) is 0. The molecule has 0 aliphatic heterocycles. The fourth-order valence-corrected chi connectivity index (χ4v) is 3.02. The number of rotatable bonds is 5. The van der Waals surface area contributed by atoms with Crippen LogP contribution in [0.3, 0.4) is 0 Å². The number of methoxy groups -OCH3 is 1. The van der Waals surface area contributed by atoms with Crippen molar-refractivity contribution in [3.8, 4) is 5.75 Å². The second-order valence-corrected chi connectivity index (χ2v) is 5.65. The van der Waals surface area contributed by atoms with Crippen LogP contribution in [0.4, 0.5) is 0 Å².